The molecule has 0 heterocycles. The number of hydrogen-bond acceptors (Lipinski definition) is 2. The average molecular weight is 412 g/mol. The first-order valence-corrected chi connectivity index (χ1v) is 9.21. The number of anilines is 1. The molecule has 0 aromatic heterocycles. The quantitative estimate of drug-likeness (QED) is 0.617. The summed E-state index contributed by atoms with van der Waals surface area (Å²) in [5.74, 6) is -1.23. The fourth-order valence-corrected chi connectivity index (χ4v) is 2.95. The molecule has 4 nitrogen and oxygen atoms in total. The summed E-state index contributed by atoms with van der Waals surface area (Å²) >= 11 is 0. The number of benzene rings is 3. The highest BCUT2D eigenvalue weighted by Gasteiger charge is 2.34. The van der Waals surface area contributed by atoms with Crippen LogP contribution in [-0.4, -0.2) is 17.9 Å². The third-order valence-corrected chi connectivity index (χ3v) is 4.43. The first kappa shape index (κ1) is 21.1. The van der Waals surface area contributed by atoms with E-state index in [4.69, 9.17) is 0 Å². The highest BCUT2D eigenvalue weighted by molar-refractivity contribution is 6.01. The largest absolute Gasteiger partial charge is 0.418 e. The Bertz CT molecular complexity index is 1010. The van der Waals surface area contributed by atoms with Crippen molar-refractivity contribution < 1.29 is 22.8 Å². The van der Waals surface area contributed by atoms with Gasteiger partial charge >= 0.3 is 6.18 Å². The van der Waals surface area contributed by atoms with Gasteiger partial charge in [-0.3, -0.25) is 9.59 Å². The van der Waals surface area contributed by atoms with Gasteiger partial charge in [0, 0.05) is 12.0 Å². The Hall–Kier alpha value is -3.61. The van der Waals surface area contributed by atoms with Gasteiger partial charge in [-0.2, -0.15) is 13.2 Å². The van der Waals surface area contributed by atoms with Crippen molar-refractivity contribution in [1.29, 1.82) is 0 Å². The normalized spacial score (nSPS) is 12.1. The third kappa shape index (κ3) is 5.47. The van der Waals surface area contributed by atoms with E-state index in [1.54, 1.807) is 60.7 Å². The lowest BCUT2D eigenvalue weighted by molar-refractivity contribution is -0.137. The molecule has 0 spiro atoms. The Morgan fingerprint density at radius 2 is 1.37 bits per heavy atom. The van der Waals surface area contributed by atoms with Crippen molar-refractivity contribution in [1.82, 2.24) is 5.32 Å². The van der Waals surface area contributed by atoms with Gasteiger partial charge in [-0.25, -0.2) is 0 Å². The van der Waals surface area contributed by atoms with E-state index in [1.165, 1.54) is 18.2 Å². The van der Waals surface area contributed by atoms with Crippen molar-refractivity contribution in [3.63, 3.8) is 0 Å². The summed E-state index contributed by atoms with van der Waals surface area (Å²) in [5, 5.41) is 4.95. The maximum atomic E-state index is 13.3. The van der Waals surface area contributed by atoms with Crippen molar-refractivity contribution in [2.24, 2.45) is 0 Å². The Kier molecular flexibility index (Phi) is 6.51. The maximum Gasteiger partial charge on any atom is 0.418 e. The summed E-state index contributed by atoms with van der Waals surface area (Å²) in [6.07, 6.45) is -4.49. The number of carbonyl (C=O) groups is 2. The molecule has 0 fully saturated rings. The minimum Gasteiger partial charge on any atom is -0.340 e. The van der Waals surface area contributed by atoms with Crippen LogP contribution in [0, 0.1) is 0 Å². The Morgan fingerprint density at radius 1 is 0.800 bits per heavy atom. The van der Waals surface area contributed by atoms with Gasteiger partial charge in [0.2, 0.25) is 5.91 Å². The standard InChI is InChI=1S/C23H19F3N2O2/c24-23(25,26)18-13-7-8-14-19(18)27-22(30)20(15-16-9-3-1-4-10-16)28-21(29)17-11-5-2-6-12-17/h1-14,20H,15H2,(H,27,30)(H,28,29). The van der Waals surface area contributed by atoms with Gasteiger partial charge in [-0.1, -0.05) is 60.7 Å². The molecule has 2 amide bonds. The van der Waals surface area contributed by atoms with Gasteiger partial charge in [0.15, 0.2) is 0 Å². The van der Waals surface area contributed by atoms with Gasteiger partial charge in [-0.05, 0) is 29.8 Å². The fourth-order valence-electron chi connectivity index (χ4n) is 2.95. The van der Waals surface area contributed by atoms with E-state index in [1.807, 2.05) is 0 Å². The number of nitrogens with one attached hydrogen (secondary N) is 2. The number of halogens is 3. The fraction of sp³-hybridized carbons (Fsp3) is 0.130. The highest BCUT2D eigenvalue weighted by atomic mass is 19.4. The zero-order chi connectivity index (χ0) is 21.6. The molecule has 0 bridgehead atoms. The Morgan fingerprint density at radius 3 is 2.00 bits per heavy atom. The second kappa shape index (κ2) is 9.26. The van der Waals surface area contributed by atoms with E-state index in [9.17, 15) is 22.8 Å². The molecule has 0 saturated carbocycles. The topological polar surface area (TPSA) is 58.2 Å². The second-order valence-corrected chi connectivity index (χ2v) is 6.61. The molecule has 0 saturated heterocycles. The predicted octanol–water partition coefficient (Wildman–Crippen LogP) is 4.69. The lowest BCUT2D eigenvalue weighted by Gasteiger charge is -2.20. The average Bonchev–Trinajstić information content (AvgIpc) is 2.74. The molecule has 0 aliphatic carbocycles. The summed E-state index contributed by atoms with van der Waals surface area (Å²) in [5.41, 5.74) is -0.206. The minimum absolute atomic E-state index is 0.124. The van der Waals surface area contributed by atoms with Crippen LogP contribution in [0.3, 0.4) is 0 Å². The van der Waals surface area contributed by atoms with Crippen LogP contribution in [0.2, 0.25) is 0 Å². The predicted molar refractivity (Wildman–Crippen MR) is 108 cm³/mol. The molecule has 1 atom stereocenters. The lowest BCUT2D eigenvalue weighted by Crippen LogP contribution is -2.45. The molecule has 1 unspecified atom stereocenters. The summed E-state index contributed by atoms with van der Waals surface area (Å²) in [6, 6.07) is 20.9. The second-order valence-electron chi connectivity index (χ2n) is 6.61. The van der Waals surface area contributed by atoms with Crippen LogP contribution in [-0.2, 0) is 17.4 Å². The van der Waals surface area contributed by atoms with E-state index >= 15 is 0 Å². The Balaban J connectivity index is 1.84. The number of alkyl halides is 3. The molecule has 0 aliphatic heterocycles. The molecule has 0 radical (unpaired) electrons. The summed E-state index contributed by atoms with van der Waals surface area (Å²) in [4.78, 5) is 25.4. The first-order valence-electron chi connectivity index (χ1n) is 9.21. The number of rotatable bonds is 6. The monoisotopic (exact) mass is 412 g/mol. The van der Waals surface area contributed by atoms with Crippen LogP contribution in [0.5, 0.6) is 0 Å². The first-order chi connectivity index (χ1) is 14.3. The van der Waals surface area contributed by atoms with E-state index in [-0.39, 0.29) is 12.1 Å². The summed E-state index contributed by atoms with van der Waals surface area (Å²) < 4.78 is 39.8. The van der Waals surface area contributed by atoms with E-state index in [0.717, 1.165) is 11.6 Å². The van der Waals surface area contributed by atoms with Crippen LogP contribution < -0.4 is 10.6 Å². The van der Waals surface area contributed by atoms with Crippen molar-refractivity contribution in [3.05, 3.63) is 102 Å². The molecule has 3 aromatic rings. The van der Waals surface area contributed by atoms with E-state index in [0.29, 0.717) is 5.56 Å². The lowest BCUT2D eigenvalue weighted by atomic mass is 10.0. The zero-order valence-corrected chi connectivity index (χ0v) is 15.8. The van der Waals surface area contributed by atoms with Crippen LogP contribution in [0.4, 0.5) is 18.9 Å². The molecule has 0 aliphatic rings. The van der Waals surface area contributed by atoms with Crippen molar-refractivity contribution in [3.8, 4) is 0 Å². The number of para-hydroxylation sites is 1. The molecule has 3 aromatic carbocycles. The number of amides is 2. The van der Waals surface area contributed by atoms with Crippen molar-refractivity contribution in [2.45, 2.75) is 18.6 Å². The van der Waals surface area contributed by atoms with Crippen LogP contribution in [0.25, 0.3) is 0 Å². The van der Waals surface area contributed by atoms with Crippen molar-refractivity contribution in [2.75, 3.05) is 5.32 Å². The number of hydrogen-bond donors (Lipinski definition) is 2. The van der Waals surface area contributed by atoms with Gasteiger partial charge in [0.25, 0.3) is 5.91 Å². The van der Waals surface area contributed by atoms with Crippen LogP contribution in [0.15, 0.2) is 84.9 Å². The summed E-state index contributed by atoms with van der Waals surface area (Å²) in [6.45, 7) is 0. The van der Waals surface area contributed by atoms with Crippen molar-refractivity contribution >= 4 is 17.5 Å². The molecule has 7 heteroatoms. The molecular formula is C23H19F3N2O2. The van der Waals surface area contributed by atoms with E-state index < -0.39 is 29.6 Å². The zero-order valence-electron chi connectivity index (χ0n) is 15.8. The van der Waals surface area contributed by atoms with Gasteiger partial charge in [0.05, 0.1) is 11.3 Å². The maximum absolute atomic E-state index is 13.3. The van der Waals surface area contributed by atoms with Crippen LogP contribution in [0.1, 0.15) is 21.5 Å². The smallest absolute Gasteiger partial charge is 0.340 e. The Labute approximate surface area is 171 Å². The number of carbonyl (C=O) groups excluding carboxylic acids is 2. The molecule has 30 heavy (non-hydrogen) atoms. The molecule has 2 N–H and O–H groups in total. The molecule has 154 valence electrons. The minimum atomic E-state index is -4.62. The molecule has 3 rings (SSSR count). The summed E-state index contributed by atoms with van der Waals surface area (Å²) in [7, 11) is 0. The van der Waals surface area contributed by atoms with Gasteiger partial charge < -0.3 is 10.6 Å². The highest BCUT2D eigenvalue weighted by Crippen LogP contribution is 2.34. The van der Waals surface area contributed by atoms with E-state index in [2.05, 4.69) is 10.6 Å². The van der Waals surface area contributed by atoms with Gasteiger partial charge in [0.1, 0.15) is 6.04 Å². The molecular weight excluding hydrogens is 393 g/mol. The third-order valence-electron chi connectivity index (χ3n) is 4.43. The SMILES string of the molecule is O=C(NC(Cc1ccccc1)C(=O)Nc1ccccc1C(F)(F)F)c1ccccc1. The van der Waals surface area contributed by atoms with Crippen LogP contribution >= 0.6 is 0 Å². The van der Waals surface area contributed by atoms with Gasteiger partial charge in [-0.15, -0.1) is 0 Å².